The lowest BCUT2D eigenvalue weighted by Gasteiger charge is -2.12. The molecular weight excluding hydrogens is 178 g/mol. The maximum absolute atomic E-state index is 6.06. The first-order valence-electron chi connectivity index (χ1n) is 4.77. The molecule has 2 N–H and O–H groups in total. The third-order valence-electron chi connectivity index (χ3n) is 2.40. The van der Waals surface area contributed by atoms with Gasteiger partial charge in [-0.25, -0.2) is 0 Å². The van der Waals surface area contributed by atoms with Crippen LogP contribution in [-0.4, -0.2) is 16.4 Å². The summed E-state index contributed by atoms with van der Waals surface area (Å²) < 4.78 is 7.24. The van der Waals surface area contributed by atoms with Crippen LogP contribution in [0.4, 0.5) is 0 Å². The Morgan fingerprint density at radius 1 is 1.64 bits per heavy atom. The van der Waals surface area contributed by atoms with Crippen molar-refractivity contribution in [2.45, 2.75) is 19.4 Å². The molecular formula is C10H15N3O. The van der Waals surface area contributed by atoms with Gasteiger partial charge >= 0.3 is 0 Å². The van der Waals surface area contributed by atoms with Gasteiger partial charge in [-0.3, -0.25) is 4.68 Å². The van der Waals surface area contributed by atoms with Gasteiger partial charge in [-0.15, -0.1) is 0 Å². The highest BCUT2D eigenvalue weighted by Crippen LogP contribution is 2.24. The molecule has 2 rings (SSSR count). The zero-order valence-electron chi connectivity index (χ0n) is 8.53. The van der Waals surface area contributed by atoms with Crippen LogP contribution in [-0.2, 0) is 11.8 Å². The van der Waals surface area contributed by atoms with Gasteiger partial charge in [0.25, 0.3) is 0 Å². The maximum Gasteiger partial charge on any atom is 0.115 e. The predicted molar refractivity (Wildman–Crippen MR) is 53.5 cm³/mol. The third kappa shape index (κ3) is 1.53. The number of hydrogen-bond acceptors (Lipinski definition) is 3. The van der Waals surface area contributed by atoms with E-state index in [1.54, 1.807) is 0 Å². The van der Waals surface area contributed by atoms with E-state index in [0.29, 0.717) is 0 Å². The van der Waals surface area contributed by atoms with Crippen molar-refractivity contribution in [1.29, 1.82) is 0 Å². The minimum Gasteiger partial charge on any atom is -0.496 e. The van der Waals surface area contributed by atoms with Crippen molar-refractivity contribution in [3.63, 3.8) is 0 Å². The quantitative estimate of drug-likeness (QED) is 0.763. The van der Waals surface area contributed by atoms with E-state index in [9.17, 15) is 0 Å². The summed E-state index contributed by atoms with van der Waals surface area (Å²) in [7, 11) is 1.90. The summed E-state index contributed by atoms with van der Waals surface area (Å²) in [5.74, 6) is 0.869. The van der Waals surface area contributed by atoms with Crippen LogP contribution >= 0.6 is 0 Å². The predicted octanol–water partition coefficient (Wildman–Crippen LogP) is 1.03. The fourth-order valence-electron chi connectivity index (χ4n) is 1.72. The molecule has 1 unspecified atom stereocenters. The van der Waals surface area contributed by atoms with Gasteiger partial charge in [0.05, 0.1) is 18.0 Å². The van der Waals surface area contributed by atoms with Crippen molar-refractivity contribution in [3.05, 3.63) is 29.3 Å². The molecule has 0 aliphatic carbocycles. The molecule has 1 aliphatic heterocycles. The highest BCUT2D eigenvalue weighted by atomic mass is 16.5. The first kappa shape index (κ1) is 9.27. The van der Waals surface area contributed by atoms with E-state index in [0.717, 1.165) is 30.2 Å². The Hall–Kier alpha value is -1.29. The van der Waals surface area contributed by atoms with Crippen molar-refractivity contribution in [2.24, 2.45) is 12.8 Å². The fourth-order valence-corrected chi connectivity index (χ4v) is 1.72. The van der Waals surface area contributed by atoms with E-state index in [1.807, 2.05) is 30.8 Å². The molecule has 0 spiro atoms. The summed E-state index contributed by atoms with van der Waals surface area (Å²) in [6.45, 7) is 2.71. The minimum atomic E-state index is -0.177. The Kier molecular flexibility index (Phi) is 2.29. The molecule has 0 bridgehead atoms. The van der Waals surface area contributed by atoms with Crippen LogP contribution in [0.15, 0.2) is 17.9 Å². The van der Waals surface area contributed by atoms with Gasteiger partial charge in [0.2, 0.25) is 0 Å². The maximum atomic E-state index is 6.06. The number of aryl methyl sites for hydroxylation is 2. The minimum absolute atomic E-state index is 0.177. The monoisotopic (exact) mass is 193 g/mol. The van der Waals surface area contributed by atoms with Crippen LogP contribution in [0.1, 0.15) is 23.9 Å². The second-order valence-corrected chi connectivity index (χ2v) is 3.56. The molecule has 0 amide bonds. The summed E-state index contributed by atoms with van der Waals surface area (Å²) >= 11 is 0. The van der Waals surface area contributed by atoms with Crippen LogP contribution in [0.2, 0.25) is 0 Å². The zero-order chi connectivity index (χ0) is 10.1. The molecule has 4 heteroatoms. The average molecular weight is 193 g/mol. The molecule has 0 saturated heterocycles. The van der Waals surface area contributed by atoms with Crippen LogP contribution < -0.4 is 5.73 Å². The smallest absolute Gasteiger partial charge is 0.115 e. The molecule has 0 saturated carbocycles. The van der Waals surface area contributed by atoms with Gasteiger partial charge in [0.15, 0.2) is 0 Å². The van der Waals surface area contributed by atoms with Gasteiger partial charge in [-0.2, -0.15) is 5.10 Å². The molecule has 0 aromatic carbocycles. The SMILES string of the molecule is Cc1cc(C(N)C2=CCCO2)n(C)n1. The molecule has 14 heavy (non-hydrogen) atoms. The number of ether oxygens (including phenoxy) is 1. The number of aromatic nitrogens is 2. The Morgan fingerprint density at radius 2 is 2.43 bits per heavy atom. The molecule has 1 aromatic heterocycles. The molecule has 0 radical (unpaired) electrons. The van der Waals surface area contributed by atoms with Gasteiger partial charge in [0.1, 0.15) is 11.8 Å². The molecule has 76 valence electrons. The summed E-state index contributed by atoms with van der Waals surface area (Å²) in [5.41, 5.74) is 8.04. The Balaban J connectivity index is 2.25. The largest absolute Gasteiger partial charge is 0.496 e. The second kappa shape index (κ2) is 3.46. The van der Waals surface area contributed by atoms with Crippen LogP contribution in [0.25, 0.3) is 0 Å². The van der Waals surface area contributed by atoms with Crippen molar-refractivity contribution < 1.29 is 4.74 Å². The van der Waals surface area contributed by atoms with E-state index in [4.69, 9.17) is 10.5 Å². The lowest BCUT2D eigenvalue weighted by molar-refractivity contribution is 0.223. The normalized spacial score (nSPS) is 17.8. The zero-order valence-corrected chi connectivity index (χ0v) is 8.53. The Bertz CT molecular complexity index is 367. The molecule has 1 aromatic rings. The summed E-state index contributed by atoms with van der Waals surface area (Å²) in [6.07, 6.45) is 3.01. The third-order valence-corrected chi connectivity index (χ3v) is 2.40. The van der Waals surface area contributed by atoms with E-state index >= 15 is 0 Å². The summed E-state index contributed by atoms with van der Waals surface area (Å²) in [5, 5.41) is 4.26. The Morgan fingerprint density at radius 3 is 2.93 bits per heavy atom. The fraction of sp³-hybridized carbons (Fsp3) is 0.500. The van der Waals surface area contributed by atoms with Gasteiger partial charge in [-0.1, -0.05) is 0 Å². The second-order valence-electron chi connectivity index (χ2n) is 3.56. The van der Waals surface area contributed by atoms with E-state index in [1.165, 1.54) is 0 Å². The number of nitrogens with two attached hydrogens (primary N) is 1. The Labute approximate surface area is 83.4 Å². The van der Waals surface area contributed by atoms with Gasteiger partial charge in [-0.05, 0) is 19.1 Å². The first-order chi connectivity index (χ1) is 6.68. The summed E-state index contributed by atoms with van der Waals surface area (Å²) in [6, 6.07) is 1.82. The van der Waals surface area contributed by atoms with Crippen LogP contribution in [0.3, 0.4) is 0 Å². The molecule has 0 fully saturated rings. The van der Waals surface area contributed by atoms with Crippen LogP contribution in [0, 0.1) is 6.92 Å². The number of hydrogen-bond donors (Lipinski definition) is 1. The lowest BCUT2D eigenvalue weighted by atomic mass is 10.1. The first-order valence-corrected chi connectivity index (χ1v) is 4.77. The van der Waals surface area contributed by atoms with Gasteiger partial charge in [0, 0.05) is 13.5 Å². The topological polar surface area (TPSA) is 53.1 Å². The van der Waals surface area contributed by atoms with Crippen molar-refractivity contribution >= 4 is 0 Å². The molecule has 1 atom stereocenters. The standard InChI is InChI=1S/C10H15N3O/c1-7-6-8(13(2)12-7)10(11)9-4-3-5-14-9/h4,6,10H,3,5,11H2,1-2H3. The van der Waals surface area contributed by atoms with E-state index in [2.05, 4.69) is 5.10 Å². The number of rotatable bonds is 2. The molecule has 1 aliphatic rings. The van der Waals surface area contributed by atoms with E-state index < -0.39 is 0 Å². The number of nitrogens with zero attached hydrogens (tertiary/aromatic N) is 2. The average Bonchev–Trinajstić information content (AvgIpc) is 2.73. The van der Waals surface area contributed by atoms with E-state index in [-0.39, 0.29) is 6.04 Å². The highest BCUT2D eigenvalue weighted by Gasteiger charge is 2.19. The highest BCUT2D eigenvalue weighted by molar-refractivity contribution is 5.21. The molecule has 2 heterocycles. The summed E-state index contributed by atoms with van der Waals surface area (Å²) in [4.78, 5) is 0. The van der Waals surface area contributed by atoms with Crippen molar-refractivity contribution in [1.82, 2.24) is 9.78 Å². The molecule has 4 nitrogen and oxygen atoms in total. The van der Waals surface area contributed by atoms with Crippen LogP contribution in [0.5, 0.6) is 0 Å². The van der Waals surface area contributed by atoms with Crippen molar-refractivity contribution in [3.8, 4) is 0 Å². The van der Waals surface area contributed by atoms with Gasteiger partial charge < -0.3 is 10.5 Å². The van der Waals surface area contributed by atoms with Crippen molar-refractivity contribution in [2.75, 3.05) is 6.61 Å². The lowest BCUT2D eigenvalue weighted by Crippen LogP contribution is -2.17.